The molecular formula is C17H13FN2O2. The minimum absolute atomic E-state index is 0.231. The van der Waals surface area contributed by atoms with Gasteiger partial charge in [0.15, 0.2) is 0 Å². The number of nitrogens with zero attached hydrogens (tertiary/aromatic N) is 1. The molecule has 0 aliphatic heterocycles. The van der Waals surface area contributed by atoms with Crippen molar-refractivity contribution in [2.45, 2.75) is 6.92 Å². The van der Waals surface area contributed by atoms with E-state index in [0.717, 1.165) is 0 Å². The summed E-state index contributed by atoms with van der Waals surface area (Å²) in [5, 5.41) is 13.0. The van der Waals surface area contributed by atoms with E-state index in [-0.39, 0.29) is 11.4 Å². The molecular weight excluding hydrogens is 283 g/mol. The van der Waals surface area contributed by atoms with Gasteiger partial charge in [-0.25, -0.2) is 9.18 Å². The highest BCUT2D eigenvalue weighted by molar-refractivity contribution is 5.95. The summed E-state index contributed by atoms with van der Waals surface area (Å²) in [5.74, 6) is -1.33. The van der Waals surface area contributed by atoms with Crippen LogP contribution >= 0.6 is 0 Å². The molecule has 2 N–H and O–H groups in total. The lowest BCUT2D eigenvalue weighted by Gasteiger charge is -2.13. The average Bonchev–Trinajstić information content (AvgIpc) is 2.49. The van der Waals surface area contributed by atoms with E-state index in [0.29, 0.717) is 27.8 Å². The number of carboxylic acid groups (broad SMARTS) is 1. The molecule has 0 bridgehead atoms. The summed E-state index contributed by atoms with van der Waals surface area (Å²) in [4.78, 5) is 15.4. The first-order valence-electron chi connectivity index (χ1n) is 6.70. The molecule has 4 nitrogen and oxygen atoms in total. The predicted octanol–water partition coefficient (Wildman–Crippen LogP) is 4.12. The number of carboxylic acids is 1. The van der Waals surface area contributed by atoms with Gasteiger partial charge < -0.3 is 10.4 Å². The van der Waals surface area contributed by atoms with Crippen molar-refractivity contribution in [1.82, 2.24) is 4.98 Å². The second kappa shape index (κ2) is 5.44. The van der Waals surface area contributed by atoms with Crippen LogP contribution in [0.15, 0.2) is 48.7 Å². The van der Waals surface area contributed by atoms with E-state index in [1.807, 2.05) is 0 Å². The molecule has 0 aliphatic rings. The van der Waals surface area contributed by atoms with Gasteiger partial charge in [-0.3, -0.25) is 4.98 Å². The topological polar surface area (TPSA) is 62.2 Å². The molecule has 0 amide bonds. The van der Waals surface area contributed by atoms with Gasteiger partial charge in [0.25, 0.3) is 0 Å². The van der Waals surface area contributed by atoms with Crippen molar-refractivity contribution >= 4 is 28.2 Å². The van der Waals surface area contributed by atoms with Gasteiger partial charge in [0.05, 0.1) is 11.1 Å². The number of halogens is 1. The van der Waals surface area contributed by atoms with Crippen molar-refractivity contribution in [3.05, 3.63) is 65.6 Å². The van der Waals surface area contributed by atoms with E-state index in [2.05, 4.69) is 10.3 Å². The van der Waals surface area contributed by atoms with Crippen molar-refractivity contribution in [2.75, 3.05) is 5.32 Å². The highest BCUT2D eigenvalue weighted by atomic mass is 19.1. The second-order valence-electron chi connectivity index (χ2n) is 4.93. The first kappa shape index (κ1) is 14.0. The lowest BCUT2D eigenvalue weighted by Crippen LogP contribution is -2.03. The van der Waals surface area contributed by atoms with Crippen molar-refractivity contribution in [3.8, 4) is 0 Å². The molecule has 0 saturated heterocycles. The Kier molecular flexibility index (Phi) is 3.47. The van der Waals surface area contributed by atoms with Crippen LogP contribution in [0.5, 0.6) is 0 Å². The summed E-state index contributed by atoms with van der Waals surface area (Å²) >= 11 is 0. The van der Waals surface area contributed by atoms with Gasteiger partial charge in [-0.15, -0.1) is 0 Å². The zero-order valence-corrected chi connectivity index (χ0v) is 11.8. The van der Waals surface area contributed by atoms with Gasteiger partial charge in [-0.05, 0) is 48.9 Å². The smallest absolute Gasteiger partial charge is 0.336 e. The fourth-order valence-electron chi connectivity index (χ4n) is 2.38. The molecule has 3 aromatic rings. The second-order valence-corrected chi connectivity index (χ2v) is 4.93. The number of aromatic nitrogens is 1. The fraction of sp³-hybridized carbons (Fsp3) is 0.0588. The van der Waals surface area contributed by atoms with Crippen LogP contribution in [0, 0.1) is 12.7 Å². The van der Waals surface area contributed by atoms with E-state index in [9.17, 15) is 14.3 Å². The van der Waals surface area contributed by atoms with Crippen molar-refractivity contribution in [3.63, 3.8) is 0 Å². The van der Waals surface area contributed by atoms with Crippen LogP contribution < -0.4 is 5.32 Å². The molecule has 0 fully saturated rings. The molecule has 2 aromatic carbocycles. The highest BCUT2D eigenvalue weighted by Gasteiger charge is 2.11. The molecule has 0 radical (unpaired) electrons. The minimum Gasteiger partial charge on any atom is -0.478 e. The third kappa shape index (κ3) is 2.48. The largest absolute Gasteiger partial charge is 0.478 e. The van der Waals surface area contributed by atoms with Crippen LogP contribution in [0.25, 0.3) is 10.9 Å². The van der Waals surface area contributed by atoms with Crippen LogP contribution in [-0.4, -0.2) is 16.1 Å². The number of hydrogen-bond acceptors (Lipinski definition) is 3. The maximum Gasteiger partial charge on any atom is 0.336 e. The van der Waals surface area contributed by atoms with Crippen LogP contribution in [0.4, 0.5) is 15.8 Å². The molecule has 0 saturated carbocycles. The Morgan fingerprint density at radius 2 is 2.00 bits per heavy atom. The van der Waals surface area contributed by atoms with E-state index in [1.165, 1.54) is 12.1 Å². The Morgan fingerprint density at radius 1 is 1.18 bits per heavy atom. The Balaban J connectivity index is 2.09. The van der Waals surface area contributed by atoms with Crippen molar-refractivity contribution in [1.29, 1.82) is 0 Å². The average molecular weight is 296 g/mol. The van der Waals surface area contributed by atoms with Crippen molar-refractivity contribution in [2.24, 2.45) is 0 Å². The SMILES string of the molecule is Cc1c(Nc2ccnc3ccc(F)cc23)cccc1C(=O)O. The summed E-state index contributed by atoms with van der Waals surface area (Å²) in [6, 6.07) is 11.1. The number of rotatable bonds is 3. The molecule has 1 heterocycles. The Bertz CT molecular complexity index is 878. The van der Waals surface area contributed by atoms with E-state index in [4.69, 9.17) is 0 Å². The standard InChI is InChI=1S/C17H13FN2O2/c1-10-12(17(21)22)3-2-4-14(10)20-16-7-8-19-15-6-5-11(18)9-13(15)16/h2-9H,1H3,(H,19,20)(H,21,22). The summed E-state index contributed by atoms with van der Waals surface area (Å²) in [6.07, 6.45) is 1.62. The summed E-state index contributed by atoms with van der Waals surface area (Å²) in [7, 11) is 0. The monoisotopic (exact) mass is 296 g/mol. The van der Waals surface area contributed by atoms with Gasteiger partial charge in [0, 0.05) is 23.0 Å². The molecule has 0 aliphatic carbocycles. The van der Waals surface area contributed by atoms with Gasteiger partial charge in [-0.1, -0.05) is 6.07 Å². The number of fused-ring (bicyclic) bond motifs is 1. The number of aromatic carboxylic acids is 1. The minimum atomic E-state index is -0.980. The van der Waals surface area contributed by atoms with E-state index in [1.54, 1.807) is 43.5 Å². The maximum absolute atomic E-state index is 13.5. The molecule has 1 aromatic heterocycles. The van der Waals surface area contributed by atoms with E-state index < -0.39 is 5.97 Å². The number of nitrogens with one attached hydrogen (secondary N) is 1. The normalized spacial score (nSPS) is 10.6. The Hall–Kier alpha value is -2.95. The molecule has 5 heteroatoms. The summed E-state index contributed by atoms with van der Waals surface area (Å²) < 4.78 is 13.5. The number of hydrogen-bond donors (Lipinski definition) is 2. The molecule has 110 valence electrons. The van der Waals surface area contributed by atoms with Crippen LogP contribution in [0.2, 0.25) is 0 Å². The molecule has 22 heavy (non-hydrogen) atoms. The van der Waals surface area contributed by atoms with Crippen LogP contribution in [-0.2, 0) is 0 Å². The molecule has 3 rings (SSSR count). The molecule has 0 atom stereocenters. The van der Waals surface area contributed by atoms with Crippen LogP contribution in [0.3, 0.4) is 0 Å². The predicted molar refractivity (Wildman–Crippen MR) is 83.1 cm³/mol. The fourth-order valence-corrected chi connectivity index (χ4v) is 2.38. The van der Waals surface area contributed by atoms with Gasteiger partial charge in [-0.2, -0.15) is 0 Å². The number of benzene rings is 2. The third-order valence-electron chi connectivity index (χ3n) is 3.54. The number of carbonyl (C=O) groups is 1. The van der Waals surface area contributed by atoms with Gasteiger partial charge >= 0.3 is 5.97 Å². The van der Waals surface area contributed by atoms with Gasteiger partial charge in [0.2, 0.25) is 0 Å². The highest BCUT2D eigenvalue weighted by Crippen LogP contribution is 2.28. The lowest BCUT2D eigenvalue weighted by atomic mass is 10.1. The Morgan fingerprint density at radius 3 is 2.77 bits per heavy atom. The lowest BCUT2D eigenvalue weighted by molar-refractivity contribution is 0.0696. The first-order chi connectivity index (χ1) is 10.6. The van der Waals surface area contributed by atoms with Crippen molar-refractivity contribution < 1.29 is 14.3 Å². The Labute approximate surface area is 126 Å². The third-order valence-corrected chi connectivity index (χ3v) is 3.54. The molecule has 0 spiro atoms. The summed E-state index contributed by atoms with van der Waals surface area (Å²) in [5.41, 5.74) is 2.86. The van der Waals surface area contributed by atoms with Gasteiger partial charge in [0.1, 0.15) is 5.82 Å². The van der Waals surface area contributed by atoms with Crippen LogP contribution in [0.1, 0.15) is 15.9 Å². The zero-order chi connectivity index (χ0) is 15.7. The summed E-state index contributed by atoms with van der Waals surface area (Å²) in [6.45, 7) is 1.73. The molecule has 0 unspecified atom stereocenters. The quantitative estimate of drug-likeness (QED) is 0.763. The first-order valence-corrected chi connectivity index (χ1v) is 6.70. The number of anilines is 2. The number of pyridine rings is 1. The maximum atomic E-state index is 13.5. The van der Waals surface area contributed by atoms with E-state index >= 15 is 0 Å². The zero-order valence-electron chi connectivity index (χ0n) is 11.8.